The van der Waals surface area contributed by atoms with E-state index < -0.39 is 11.9 Å². The van der Waals surface area contributed by atoms with Crippen molar-refractivity contribution in [3.8, 4) is 0 Å². The maximum absolute atomic E-state index is 12.3. The predicted octanol–water partition coefficient (Wildman–Crippen LogP) is 0.0366. The van der Waals surface area contributed by atoms with E-state index in [1.54, 1.807) is 0 Å². The van der Waals surface area contributed by atoms with Gasteiger partial charge in [0.1, 0.15) is 6.54 Å². The zero-order valence-corrected chi connectivity index (χ0v) is 13.3. The van der Waals surface area contributed by atoms with Crippen LogP contribution in [0, 0.1) is 5.92 Å². The number of nitrogens with one attached hydrogen (secondary N) is 2. The summed E-state index contributed by atoms with van der Waals surface area (Å²) in [7, 11) is 0. The van der Waals surface area contributed by atoms with Crippen molar-refractivity contribution in [2.45, 2.75) is 31.4 Å². The number of aliphatic hydroxyl groups excluding tert-OH is 1. The number of urea groups is 1. The highest BCUT2D eigenvalue weighted by atomic mass is 16.3. The molecule has 1 aliphatic heterocycles. The summed E-state index contributed by atoms with van der Waals surface area (Å²) in [6, 6.07) is 9.14. The lowest BCUT2D eigenvalue weighted by Gasteiger charge is -2.38. The number of carbonyl (C=O) groups is 3. The van der Waals surface area contributed by atoms with Gasteiger partial charge in [-0.1, -0.05) is 30.3 Å². The largest absolute Gasteiger partial charge is 0.393 e. The van der Waals surface area contributed by atoms with Gasteiger partial charge in [0.05, 0.1) is 12.6 Å². The molecule has 0 aromatic heterocycles. The fourth-order valence-electron chi connectivity index (χ4n) is 3.17. The highest BCUT2D eigenvalue weighted by Gasteiger charge is 2.36. The summed E-state index contributed by atoms with van der Waals surface area (Å²) in [4.78, 5) is 36.3. The third-order valence-corrected chi connectivity index (χ3v) is 4.60. The Morgan fingerprint density at radius 1 is 1.29 bits per heavy atom. The van der Waals surface area contributed by atoms with Gasteiger partial charge < -0.3 is 15.7 Å². The summed E-state index contributed by atoms with van der Waals surface area (Å²) in [5.74, 6) is -0.552. The summed E-state index contributed by atoms with van der Waals surface area (Å²) < 4.78 is 0. The van der Waals surface area contributed by atoms with Crippen LogP contribution in [-0.2, 0) is 16.0 Å². The Kier molecular flexibility index (Phi) is 4.80. The lowest BCUT2D eigenvalue weighted by molar-refractivity contribution is -0.131. The van der Waals surface area contributed by atoms with Crippen molar-refractivity contribution in [3.63, 3.8) is 0 Å². The van der Waals surface area contributed by atoms with Crippen molar-refractivity contribution in [2.75, 3.05) is 13.1 Å². The van der Waals surface area contributed by atoms with Crippen LogP contribution in [-0.4, -0.2) is 53.1 Å². The maximum Gasteiger partial charge on any atom is 0.325 e. The number of hydrogen-bond donors (Lipinski definition) is 3. The molecule has 0 unspecified atom stereocenters. The summed E-state index contributed by atoms with van der Waals surface area (Å²) in [6.45, 7) is -0.334. The van der Waals surface area contributed by atoms with Gasteiger partial charge in [0.25, 0.3) is 5.91 Å². The molecule has 1 saturated carbocycles. The molecular formula is C17H21N3O4. The molecule has 1 aromatic carbocycles. The second-order valence-corrected chi connectivity index (χ2v) is 6.39. The number of hydrogen-bond acceptors (Lipinski definition) is 4. The number of nitrogens with zero attached hydrogens (tertiary/aromatic N) is 1. The van der Waals surface area contributed by atoms with E-state index in [4.69, 9.17) is 0 Å². The summed E-state index contributed by atoms with van der Waals surface area (Å²) in [5.41, 5.74) is 1.10. The van der Waals surface area contributed by atoms with Crippen molar-refractivity contribution in [1.82, 2.24) is 15.5 Å². The SMILES string of the molecule is O=C(CN1C(=O)CNC1=O)N[C@H](Cc1ccccc1)C1CC(O)C1. The van der Waals surface area contributed by atoms with Crippen LogP contribution in [0.2, 0.25) is 0 Å². The van der Waals surface area contributed by atoms with Crippen LogP contribution in [0.15, 0.2) is 30.3 Å². The Morgan fingerprint density at radius 3 is 2.58 bits per heavy atom. The van der Waals surface area contributed by atoms with Crippen LogP contribution in [0.4, 0.5) is 4.79 Å². The Labute approximate surface area is 140 Å². The van der Waals surface area contributed by atoms with E-state index >= 15 is 0 Å². The molecule has 0 bridgehead atoms. The van der Waals surface area contributed by atoms with Crippen molar-refractivity contribution in [3.05, 3.63) is 35.9 Å². The number of aliphatic hydroxyl groups is 1. The van der Waals surface area contributed by atoms with Crippen LogP contribution in [0.5, 0.6) is 0 Å². The van der Waals surface area contributed by atoms with Crippen LogP contribution in [0.25, 0.3) is 0 Å². The molecule has 0 spiro atoms. The van der Waals surface area contributed by atoms with Crippen LogP contribution in [0.3, 0.4) is 0 Å². The number of benzene rings is 1. The second kappa shape index (κ2) is 7.00. The van der Waals surface area contributed by atoms with Crippen LogP contribution < -0.4 is 10.6 Å². The van der Waals surface area contributed by atoms with Crippen molar-refractivity contribution >= 4 is 17.8 Å². The van der Waals surface area contributed by atoms with Gasteiger partial charge in [-0.15, -0.1) is 0 Å². The number of rotatable bonds is 6. The molecule has 4 amide bonds. The zero-order chi connectivity index (χ0) is 17.1. The molecule has 0 radical (unpaired) electrons. The Hall–Kier alpha value is -2.41. The zero-order valence-electron chi connectivity index (χ0n) is 13.3. The third-order valence-electron chi connectivity index (χ3n) is 4.60. The first-order valence-electron chi connectivity index (χ1n) is 8.12. The van der Waals surface area contributed by atoms with E-state index in [2.05, 4.69) is 10.6 Å². The monoisotopic (exact) mass is 331 g/mol. The van der Waals surface area contributed by atoms with E-state index in [1.807, 2.05) is 30.3 Å². The molecule has 7 heteroatoms. The smallest absolute Gasteiger partial charge is 0.325 e. The average molecular weight is 331 g/mol. The number of amides is 4. The van der Waals surface area contributed by atoms with Gasteiger partial charge in [-0.05, 0) is 30.7 Å². The van der Waals surface area contributed by atoms with E-state index in [0.29, 0.717) is 19.3 Å². The predicted molar refractivity (Wildman–Crippen MR) is 85.9 cm³/mol. The second-order valence-electron chi connectivity index (χ2n) is 6.39. The fraction of sp³-hybridized carbons (Fsp3) is 0.471. The molecule has 1 heterocycles. The van der Waals surface area contributed by atoms with Gasteiger partial charge in [0.15, 0.2) is 0 Å². The maximum atomic E-state index is 12.3. The topological polar surface area (TPSA) is 98.7 Å². The normalized spacial score (nSPS) is 24.3. The molecular weight excluding hydrogens is 310 g/mol. The van der Waals surface area contributed by atoms with Crippen molar-refractivity contribution < 1.29 is 19.5 Å². The fourth-order valence-corrected chi connectivity index (χ4v) is 3.17. The molecule has 7 nitrogen and oxygen atoms in total. The molecule has 2 fully saturated rings. The number of carbonyl (C=O) groups excluding carboxylic acids is 3. The van der Waals surface area contributed by atoms with Crippen LogP contribution in [0.1, 0.15) is 18.4 Å². The Bertz CT molecular complexity index is 612. The third kappa shape index (κ3) is 3.73. The molecule has 2 aliphatic rings. The highest BCUT2D eigenvalue weighted by Crippen LogP contribution is 2.31. The standard InChI is InChI=1S/C17H21N3O4/c21-13-7-12(8-13)14(6-11-4-2-1-3-5-11)19-15(22)10-20-16(23)9-18-17(20)24/h1-5,12-14,21H,6-10H2,(H,18,24)(H,19,22)/t12?,13?,14-/m1/s1. The Balaban J connectivity index is 1.61. The van der Waals surface area contributed by atoms with Gasteiger partial charge in [-0.2, -0.15) is 0 Å². The van der Waals surface area contributed by atoms with Gasteiger partial charge in [0.2, 0.25) is 5.91 Å². The molecule has 3 N–H and O–H groups in total. The number of imide groups is 1. The minimum absolute atomic E-state index is 0.0611. The first-order chi connectivity index (χ1) is 11.5. The van der Waals surface area contributed by atoms with Gasteiger partial charge in [-0.3, -0.25) is 14.5 Å². The van der Waals surface area contributed by atoms with E-state index in [1.165, 1.54) is 0 Å². The van der Waals surface area contributed by atoms with E-state index in [9.17, 15) is 19.5 Å². The van der Waals surface area contributed by atoms with E-state index in [-0.39, 0.29) is 37.1 Å². The van der Waals surface area contributed by atoms with Gasteiger partial charge in [-0.25, -0.2) is 4.79 Å². The molecule has 1 atom stereocenters. The molecule has 1 saturated heterocycles. The lowest BCUT2D eigenvalue weighted by Crippen LogP contribution is -2.51. The first-order valence-corrected chi connectivity index (χ1v) is 8.12. The molecule has 1 aliphatic carbocycles. The van der Waals surface area contributed by atoms with Gasteiger partial charge >= 0.3 is 6.03 Å². The molecule has 128 valence electrons. The Morgan fingerprint density at radius 2 is 2.00 bits per heavy atom. The van der Waals surface area contributed by atoms with Crippen LogP contribution >= 0.6 is 0 Å². The molecule has 3 rings (SSSR count). The average Bonchev–Trinajstić information content (AvgIpc) is 2.84. The summed E-state index contributed by atoms with van der Waals surface area (Å²) in [5, 5.41) is 14.9. The minimum atomic E-state index is -0.533. The highest BCUT2D eigenvalue weighted by molar-refractivity contribution is 6.04. The minimum Gasteiger partial charge on any atom is -0.393 e. The van der Waals surface area contributed by atoms with E-state index in [0.717, 1.165) is 10.5 Å². The van der Waals surface area contributed by atoms with Crippen molar-refractivity contribution in [2.24, 2.45) is 5.92 Å². The van der Waals surface area contributed by atoms with Gasteiger partial charge in [0, 0.05) is 6.04 Å². The molecule has 24 heavy (non-hydrogen) atoms. The quantitative estimate of drug-likeness (QED) is 0.641. The molecule has 1 aromatic rings. The summed E-state index contributed by atoms with van der Waals surface area (Å²) in [6.07, 6.45) is 1.66. The lowest BCUT2D eigenvalue weighted by atomic mass is 9.75. The van der Waals surface area contributed by atoms with Crippen molar-refractivity contribution in [1.29, 1.82) is 0 Å². The summed E-state index contributed by atoms with van der Waals surface area (Å²) >= 11 is 0. The first kappa shape index (κ1) is 16.4.